The zero-order valence-corrected chi connectivity index (χ0v) is 14.7. The summed E-state index contributed by atoms with van der Waals surface area (Å²) in [7, 11) is -3.91. The summed E-state index contributed by atoms with van der Waals surface area (Å²) in [5, 5.41) is 3.72. The van der Waals surface area contributed by atoms with Gasteiger partial charge in [-0.15, -0.1) is 0 Å². The standard InChI is InChI=1S/C12H13BrClN3O3S/c1-12(2,3)9-5-10(20-16-9)17-21(18,19)8-4-7(13)6-15-11(8)14/h4-6,17H,1-3H3. The Balaban J connectivity index is 2.34. The number of rotatable bonds is 3. The molecule has 0 saturated heterocycles. The second-order valence-corrected chi connectivity index (χ2v) is 8.30. The van der Waals surface area contributed by atoms with Gasteiger partial charge < -0.3 is 4.52 Å². The first-order valence-corrected chi connectivity index (χ1v) is 8.56. The molecule has 0 spiro atoms. The number of hydrogen-bond donors (Lipinski definition) is 1. The van der Waals surface area contributed by atoms with Crippen molar-refractivity contribution in [3.05, 3.63) is 33.6 Å². The van der Waals surface area contributed by atoms with Gasteiger partial charge >= 0.3 is 0 Å². The fourth-order valence-electron chi connectivity index (χ4n) is 1.46. The van der Waals surface area contributed by atoms with Crippen molar-refractivity contribution in [3.8, 4) is 0 Å². The molecular formula is C12H13BrClN3O3S. The summed E-state index contributed by atoms with van der Waals surface area (Å²) in [6.07, 6.45) is 1.41. The first-order valence-electron chi connectivity index (χ1n) is 5.91. The van der Waals surface area contributed by atoms with Crippen molar-refractivity contribution in [2.45, 2.75) is 31.1 Å². The van der Waals surface area contributed by atoms with Gasteiger partial charge in [-0.2, -0.15) is 0 Å². The zero-order chi connectivity index (χ0) is 15.8. The Morgan fingerprint density at radius 3 is 2.57 bits per heavy atom. The number of nitrogens with zero attached hydrogens (tertiary/aromatic N) is 2. The number of anilines is 1. The number of sulfonamides is 1. The Bertz CT molecular complexity index is 768. The molecule has 6 nitrogen and oxygen atoms in total. The van der Waals surface area contributed by atoms with E-state index in [1.807, 2.05) is 20.8 Å². The number of halogens is 2. The van der Waals surface area contributed by atoms with Crippen LogP contribution in [0.5, 0.6) is 0 Å². The van der Waals surface area contributed by atoms with Crippen LogP contribution in [0.2, 0.25) is 5.15 Å². The van der Waals surface area contributed by atoms with Crippen LogP contribution in [-0.2, 0) is 15.4 Å². The zero-order valence-electron chi connectivity index (χ0n) is 11.5. The smallest absolute Gasteiger partial charge is 0.267 e. The van der Waals surface area contributed by atoms with E-state index < -0.39 is 10.0 Å². The third kappa shape index (κ3) is 3.75. The van der Waals surface area contributed by atoms with Gasteiger partial charge in [-0.05, 0) is 22.0 Å². The van der Waals surface area contributed by atoms with Crippen LogP contribution in [0.4, 0.5) is 5.88 Å². The predicted octanol–water partition coefficient (Wildman–Crippen LogP) is 3.58. The summed E-state index contributed by atoms with van der Waals surface area (Å²) in [5.41, 5.74) is 0.390. The highest BCUT2D eigenvalue weighted by molar-refractivity contribution is 9.10. The highest BCUT2D eigenvalue weighted by Gasteiger charge is 2.24. The molecule has 2 heterocycles. The molecule has 21 heavy (non-hydrogen) atoms. The normalized spacial score (nSPS) is 12.4. The maximum Gasteiger partial charge on any atom is 0.267 e. The van der Waals surface area contributed by atoms with Crippen LogP contribution in [-0.4, -0.2) is 18.6 Å². The number of aromatic nitrogens is 2. The van der Waals surface area contributed by atoms with Crippen molar-refractivity contribution in [1.82, 2.24) is 10.1 Å². The molecule has 0 aliphatic carbocycles. The second kappa shape index (κ2) is 5.58. The molecule has 0 fully saturated rings. The van der Waals surface area contributed by atoms with E-state index in [9.17, 15) is 8.42 Å². The molecule has 0 aliphatic heterocycles. The molecule has 114 valence electrons. The van der Waals surface area contributed by atoms with Gasteiger partial charge in [0.2, 0.25) is 5.88 Å². The number of pyridine rings is 1. The van der Waals surface area contributed by atoms with Crippen molar-refractivity contribution in [2.75, 3.05) is 4.72 Å². The van der Waals surface area contributed by atoms with E-state index in [0.29, 0.717) is 10.2 Å². The van der Waals surface area contributed by atoms with Gasteiger partial charge in [-0.1, -0.05) is 37.5 Å². The monoisotopic (exact) mass is 393 g/mol. The average molecular weight is 395 g/mol. The van der Waals surface area contributed by atoms with Gasteiger partial charge in [0.05, 0.1) is 5.69 Å². The molecule has 0 bridgehead atoms. The van der Waals surface area contributed by atoms with Gasteiger partial charge in [0.1, 0.15) is 10.0 Å². The lowest BCUT2D eigenvalue weighted by Gasteiger charge is -2.12. The lowest BCUT2D eigenvalue weighted by Crippen LogP contribution is -2.14. The number of hydrogen-bond acceptors (Lipinski definition) is 5. The molecule has 2 aromatic heterocycles. The molecule has 0 saturated carbocycles. The molecule has 0 amide bonds. The first kappa shape index (κ1) is 16.3. The van der Waals surface area contributed by atoms with Crippen LogP contribution in [0, 0.1) is 0 Å². The van der Waals surface area contributed by atoms with E-state index >= 15 is 0 Å². The second-order valence-electron chi connectivity index (χ2n) is 5.37. The third-order valence-corrected chi connectivity index (χ3v) is 4.78. The maximum absolute atomic E-state index is 12.3. The summed E-state index contributed by atoms with van der Waals surface area (Å²) in [6.45, 7) is 5.83. The molecule has 2 aromatic rings. The minimum Gasteiger partial charge on any atom is -0.338 e. The molecule has 0 unspecified atom stereocenters. The Morgan fingerprint density at radius 1 is 1.33 bits per heavy atom. The molecule has 0 aliphatic rings. The van der Waals surface area contributed by atoms with Crippen molar-refractivity contribution in [2.24, 2.45) is 0 Å². The van der Waals surface area contributed by atoms with Gasteiger partial charge in [0.25, 0.3) is 10.0 Å². The highest BCUT2D eigenvalue weighted by Crippen LogP contribution is 2.27. The third-order valence-electron chi connectivity index (χ3n) is 2.58. The lowest BCUT2D eigenvalue weighted by molar-refractivity contribution is 0.405. The van der Waals surface area contributed by atoms with Crippen LogP contribution in [0.25, 0.3) is 0 Å². The molecule has 0 radical (unpaired) electrons. The Morgan fingerprint density at radius 2 is 2.00 bits per heavy atom. The molecular weight excluding hydrogens is 382 g/mol. The quantitative estimate of drug-likeness (QED) is 0.804. The summed E-state index contributed by atoms with van der Waals surface area (Å²) < 4.78 is 32.4. The fourth-order valence-corrected chi connectivity index (χ4v) is 3.38. The minimum absolute atomic E-state index is 0.0240. The lowest BCUT2D eigenvalue weighted by atomic mass is 9.92. The average Bonchev–Trinajstić information content (AvgIpc) is 2.79. The van der Waals surface area contributed by atoms with Crippen LogP contribution in [0.3, 0.4) is 0 Å². The molecule has 9 heteroatoms. The summed E-state index contributed by atoms with van der Waals surface area (Å²) in [5.74, 6) is 0.0240. The van der Waals surface area contributed by atoms with Crippen LogP contribution in [0.1, 0.15) is 26.5 Å². The van der Waals surface area contributed by atoms with Crippen LogP contribution < -0.4 is 4.72 Å². The SMILES string of the molecule is CC(C)(C)c1cc(NS(=O)(=O)c2cc(Br)cnc2Cl)on1. The van der Waals surface area contributed by atoms with Crippen molar-refractivity contribution >= 4 is 43.4 Å². The summed E-state index contributed by atoms with van der Waals surface area (Å²) in [4.78, 5) is 3.64. The largest absolute Gasteiger partial charge is 0.338 e. The van der Waals surface area contributed by atoms with Crippen LogP contribution in [0.15, 0.2) is 32.2 Å². The summed E-state index contributed by atoms with van der Waals surface area (Å²) in [6, 6.07) is 2.90. The van der Waals surface area contributed by atoms with E-state index in [1.54, 1.807) is 0 Å². The molecule has 0 atom stereocenters. The Kier molecular flexibility index (Phi) is 4.32. The molecule has 2 rings (SSSR count). The van der Waals surface area contributed by atoms with Crippen LogP contribution >= 0.6 is 27.5 Å². The maximum atomic E-state index is 12.3. The van der Waals surface area contributed by atoms with E-state index in [-0.39, 0.29) is 21.3 Å². The number of nitrogens with one attached hydrogen (secondary N) is 1. The van der Waals surface area contributed by atoms with Gasteiger partial charge in [0.15, 0.2) is 0 Å². The van der Waals surface area contributed by atoms with E-state index in [2.05, 4.69) is 30.8 Å². The fraction of sp³-hybridized carbons (Fsp3) is 0.333. The van der Waals surface area contributed by atoms with E-state index in [1.165, 1.54) is 18.3 Å². The first-order chi connectivity index (χ1) is 9.59. The topological polar surface area (TPSA) is 85.1 Å². The van der Waals surface area contributed by atoms with Crippen molar-refractivity contribution in [1.29, 1.82) is 0 Å². The van der Waals surface area contributed by atoms with Gasteiger partial charge in [0, 0.05) is 22.2 Å². The Labute approximate surface area is 136 Å². The predicted molar refractivity (Wildman–Crippen MR) is 83.0 cm³/mol. The van der Waals surface area contributed by atoms with E-state index in [4.69, 9.17) is 16.1 Å². The molecule has 0 aromatic carbocycles. The highest BCUT2D eigenvalue weighted by atomic mass is 79.9. The van der Waals surface area contributed by atoms with Gasteiger partial charge in [-0.3, -0.25) is 0 Å². The van der Waals surface area contributed by atoms with E-state index in [0.717, 1.165) is 0 Å². The minimum atomic E-state index is -3.91. The van der Waals surface area contributed by atoms with Crippen molar-refractivity contribution < 1.29 is 12.9 Å². The van der Waals surface area contributed by atoms with Gasteiger partial charge in [-0.25, -0.2) is 18.1 Å². The Hall–Kier alpha value is -1.12. The summed E-state index contributed by atoms with van der Waals surface area (Å²) >= 11 is 8.98. The molecule has 1 N–H and O–H groups in total. The van der Waals surface area contributed by atoms with Crippen molar-refractivity contribution in [3.63, 3.8) is 0 Å².